The number of benzene rings is 2. The van der Waals surface area contributed by atoms with E-state index in [0.29, 0.717) is 71.0 Å². The minimum absolute atomic E-state index is 0. The number of carbonyl (C=O) groups is 7. The predicted octanol–water partition coefficient (Wildman–Crippen LogP) is 5.82. The Morgan fingerprint density at radius 1 is 0.603 bits per heavy atom. The lowest BCUT2D eigenvalue weighted by Crippen LogP contribution is -2.39. The smallest absolute Gasteiger partial charge is 0.269 e. The SMILES string of the molecule is C.C=CC(=O)Cl.C=CC(=O)N1CCCC[C@H]1c1nc(-c2ccc(C(=O)Nc3cc(C#N)ccn3)cc2)c(C(N)=O)n1N.C=CC(=O)N1CCCC[C@H]1c1nc(-c2ccc(C(=O)Nc3cc(C#N)ccn3)cc2)c(C(N)=O)n1N. The Hall–Kier alpha value is -10.3. The molecule has 2 aliphatic rings. The maximum Gasteiger partial charge on any atom is 0.269 e. The number of nitrogens with one attached hydrogen (secondary N) is 2. The molecule has 2 atom stereocenters. The van der Waals surface area contributed by atoms with Gasteiger partial charge < -0.3 is 43.6 Å². The van der Waals surface area contributed by atoms with Crippen LogP contribution in [0.5, 0.6) is 0 Å². The van der Waals surface area contributed by atoms with E-state index in [1.165, 1.54) is 48.8 Å². The largest absolute Gasteiger partial charge is 0.364 e. The van der Waals surface area contributed by atoms with Crippen LogP contribution in [0.3, 0.4) is 0 Å². The van der Waals surface area contributed by atoms with Crippen LogP contribution in [0, 0.1) is 22.7 Å². The lowest BCUT2D eigenvalue weighted by atomic mass is 10.0. The van der Waals surface area contributed by atoms with Gasteiger partial charge in [-0.2, -0.15) is 10.5 Å². The molecular weight excluding hydrogens is 1020 g/mol. The normalized spacial score (nSPS) is 14.3. The Balaban J connectivity index is 0.000000261. The average Bonchev–Trinajstić information content (AvgIpc) is 4.07. The topological polar surface area (TPSA) is 363 Å². The van der Waals surface area contributed by atoms with Crippen LogP contribution in [0.15, 0.2) is 123 Å². The van der Waals surface area contributed by atoms with Crippen molar-refractivity contribution in [2.75, 3.05) is 35.4 Å². The van der Waals surface area contributed by atoms with Crippen molar-refractivity contribution in [1.82, 2.24) is 39.1 Å². The molecule has 0 saturated carbocycles. The number of anilines is 2. The fraction of sp³-hybridized carbons (Fsp3) is 0.204. The Bertz CT molecular complexity index is 3160. The monoisotopic (exact) mass is 1070 g/mol. The second kappa shape index (κ2) is 26.8. The number of nitrogens with two attached hydrogens (primary N) is 4. The van der Waals surface area contributed by atoms with E-state index in [2.05, 4.69) is 50.3 Å². The zero-order chi connectivity index (χ0) is 55.9. The van der Waals surface area contributed by atoms with Gasteiger partial charge in [-0.25, -0.2) is 29.3 Å². The van der Waals surface area contributed by atoms with Gasteiger partial charge in [0, 0.05) is 47.7 Å². The highest BCUT2D eigenvalue weighted by Crippen LogP contribution is 2.35. The van der Waals surface area contributed by atoms with Crippen molar-refractivity contribution < 1.29 is 33.6 Å². The summed E-state index contributed by atoms with van der Waals surface area (Å²) < 4.78 is 2.29. The molecule has 10 N–H and O–H groups in total. The number of aromatic nitrogens is 6. The quantitative estimate of drug-likeness (QED) is 0.0451. The van der Waals surface area contributed by atoms with Crippen molar-refractivity contribution in [3.63, 3.8) is 0 Å². The van der Waals surface area contributed by atoms with Gasteiger partial charge >= 0.3 is 0 Å². The first-order valence-electron chi connectivity index (χ1n) is 23.5. The van der Waals surface area contributed by atoms with Gasteiger partial charge in [-0.15, -0.1) is 0 Å². The van der Waals surface area contributed by atoms with Gasteiger partial charge in [0.15, 0.2) is 23.0 Å². The summed E-state index contributed by atoms with van der Waals surface area (Å²) >= 11 is 4.71. The molecule has 2 saturated heterocycles. The number of allylic oxidation sites excluding steroid dienone is 1. The number of nitriles is 2. The van der Waals surface area contributed by atoms with Gasteiger partial charge in [0.05, 0.1) is 35.3 Å². The number of pyridine rings is 2. The van der Waals surface area contributed by atoms with Crippen molar-refractivity contribution in [3.8, 4) is 34.7 Å². The summed E-state index contributed by atoms with van der Waals surface area (Å²) in [4.78, 5) is 105. The van der Waals surface area contributed by atoms with E-state index in [-0.39, 0.29) is 53.7 Å². The number of halogens is 1. The van der Waals surface area contributed by atoms with Crippen LogP contribution < -0.4 is 33.8 Å². The minimum atomic E-state index is -0.770. The first-order chi connectivity index (χ1) is 36.9. The molecular formula is C54H55ClN16O7. The number of likely N-dealkylation sites (tertiary alicyclic amines) is 2. The highest BCUT2D eigenvalue weighted by Gasteiger charge is 2.35. The number of primary amides is 2. The van der Waals surface area contributed by atoms with Crippen LogP contribution in [0.25, 0.3) is 22.5 Å². The summed E-state index contributed by atoms with van der Waals surface area (Å²) in [5.41, 5.74) is 14.2. The van der Waals surface area contributed by atoms with E-state index in [9.17, 15) is 33.6 Å². The molecule has 8 rings (SSSR count). The molecule has 0 bridgehead atoms. The zero-order valence-electron chi connectivity index (χ0n) is 41.3. The van der Waals surface area contributed by atoms with Gasteiger partial charge in [0.1, 0.15) is 23.0 Å². The summed E-state index contributed by atoms with van der Waals surface area (Å²) in [6, 6.07) is 21.9. The van der Waals surface area contributed by atoms with Crippen LogP contribution in [-0.4, -0.2) is 92.9 Å². The van der Waals surface area contributed by atoms with Gasteiger partial charge in [-0.3, -0.25) is 33.6 Å². The third-order valence-corrected chi connectivity index (χ3v) is 12.3. The third kappa shape index (κ3) is 13.7. The molecule has 2 aromatic carbocycles. The molecule has 2 fully saturated rings. The lowest BCUT2D eigenvalue weighted by Gasteiger charge is -2.34. The fourth-order valence-electron chi connectivity index (χ4n) is 8.48. The second-order valence-corrected chi connectivity index (χ2v) is 17.3. The summed E-state index contributed by atoms with van der Waals surface area (Å²) in [7, 11) is 0. The summed E-state index contributed by atoms with van der Waals surface area (Å²) in [6.45, 7) is 11.3. The molecule has 78 heavy (non-hydrogen) atoms. The third-order valence-electron chi connectivity index (χ3n) is 12.1. The van der Waals surface area contributed by atoms with Crippen LogP contribution in [0.2, 0.25) is 0 Å². The molecule has 23 nitrogen and oxygen atoms in total. The maximum atomic E-state index is 12.6. The zero-order valence-corrected chi connectivity index (χ0v) is 42.0. The molecule has 6 amide bonds. The molecule has 6 heterocycles. The van der Waals surface area contributed by atoms with Gasteiger partial charge in [-0.05, 0) is 117 Å². The molecule has 400 valence electrons. The summed E-state index contributed by atoms with van der Waals surface area (Å²) in [6.07, 6.45) is 11.1. The number of amides is 6. The molecule has 0 spiro atoms. The Morgan fingerprint density at radius 3 is 1.27 bits per heavy atom. The van der Waals surface area contributed by atoms with Crippen LogP contribution in [0.1, 0.15) is 123 Å². The Morgan fingerprint density at radius 2 is 0.962 bits per heavy atom. The first kappa shape index (κ1) is 58.6. The highest BCUT2D eigenvalue weighted by atomic mass is 35.5. The predicted molar refractivity (Wildman–Crippen MR) is 291 cm³/mol. The number of nitrogen functional groups attached to an aromatic ring is 2. The van der Waals surface area contributed by atoms with Crippen molar-refractivity contribution in [2.24, 2.45) is 11.5 Å². The van der Waals surface area contributed by atoms with Crippen LogP contribution in [0.4, 0.5) is 11.6 Å². The Labute approximate surface area is 453 Å². The van der Waals surface area contributed by atoms with E-state index in [1.54, 1.807) is 58.3 Å². The molecule has 0 unspecified atom stereocenters. The number of hydrogen-bond acceptors (Lipinski definition) is 15. The van der Waals surface area contributed by atoms with Crippen molar-refractivity contribution in [1.29, 1.82) is 10.5 Å². The molecule has 6 aromatic rings. The minimum Gasteiger partial charge on any atom is -0.364 e. The number of carbonyl (C=O) groups excluding carboxylic acids is 7. The van der Waals surface area contributed by atoms with E-state index in [1.807, 2.05) is 12.1 Å². The van der Waals surface area contributed by atoms with Crippen molar-refractivity contribution in [2.45, 2.75) is 58.0 Å². The first-order valence-corrected chi connectivity index (χ1v) is 23.9. The lowest BCUT2D eigenvalue weighted by molar-refractivity contribution is -0.130. The van der Waals surface area contributed by atoms with E-state index in [0.717, 1.165) is 41.1 Å². The Kier molecular flexibility index (Phi) is 20.1. The maximum absolute atomic E-state index is 12.6. The van der Waals surface area contributed by atoms with E-state index < -0.39 is 41.0 Å². The summed E-state index contributed by atoms with van der Waals surface area (Å²) in [5, 5.41) is 22.8. The molecule has 0 radical (unpaired) electrons. The average molecular weight is 1080 g/mol. The van der Waals surface area contributed by atoms with Crippen LogP contribution >= 0.6 is 11.6 Å². The second-order valence-electron chi connectivity index (χ2n) is 17.0. The molecule has 0 aliphatic carbocycles. The van der Waals surface area contributed by atoms with Crippen LogP contribution in [-0.2, 0) is 14.4 Å². The van der Waals surface area contributed by atoms with Gasteiger partial charge in [-0.1, -0.05) is 51.4 Å². The molecule has 2 aliphatic heterocycles. The highest BCUT2D eigenvalue weighted by molar-refractivity contribution is 6.66. The number of rotatable bonds is 13. The van der Waals surface area contributed by atoms with Gasteiger partial charge in [0.25, 0.3) is 23.6 Å². The number of nitrogens with zero attached hydrogens (tertiary/aromatic N) is 10. The van der Waals surface area contributed by atoms with Crippen molar-refractivity contribution >= 4 is 63.9 Å². The number of piperidine rings is 2. The summed E-state index contributed by atoms with van der Waals surface area (Å²) in [5.74, 6) is 10.8. The van der Waals surface area contributed by atoms with E-state index >= 15 is 0 Å². The number of hydrogen-bond donors (Lipinski definition) is 6. The fourth-order valence-corrected chi connectivity index (χ4v) is 8.48. The number of imidazole rings is 2. The standard InChI is InChI=1S/2C25H24N8O3.C3H3ClO.CH4/c2*1-2-20(34)32-12-4-3-5-18(32)24-31-21(22(23(27)35)33(24)28)16-6-8-17(9-7-16)25(36)30-19-13-15(14-26)10-11-29-19;1-2-3(4)5;/h2*2,6-11,13,18H,1,3-5,12,28H2,(H2,27,35)(H,29,30,36);2H,1H2;1H4/t2*18-;;/m00../s1. The van der Waals surface area contributed by atoms with E-state index in [4.69, 9.17) is 45.3 Å². The molecule has 4 aromatic heterocycles. The van der Waals surface area contributed by atoms with Crippen molar-refractivity contribution in [3.05, 3.63) is 168 Å². The van der Waals surface area contributed by atoms with Gasteiger partial charge in [0.2, 0.25) is 17.1 Å². The molecule has 24 heteroatoms.